The van der Waals surface area contributed by atoms with Crippen LogP contribution >= 0.6 is 11.6 Å². The molecule has 2 aromatic heterocycles. The van der Waals surface area contributed by atoms with Crippen LogP contribution in [-0.2, 0) is 6.61 Å². The van der Waals surface area contributed by atoms with Crippen LogP contribution in [0.3, 0.4) is 0 Å². The molecule has 0 bridgehead atoms. The maximum Gasteiger partial charge on any atom is 0.270 e. The lowest BCUT2D eigenvalue weighted by molar-refractivity contribution is 0.0937. The summed E-state index contributed by atoms with van der Waals surface area (Å²) >= 11 is 5.96. The number of hydrogen-bond acceptors (Lipinski definition) is 4. The van der Waals surface area contributed by atoms with Gasteiger partial charge in [0.2, 0.25) is 0 Å². The van der Waals surface area contributed by atoms with Gasteiger partial charge in [-0.15, -0.1) is 0 Å². The number of nitrogens with one attached hydrogen (secondary N) is 1. The van der Waals surface area contributed by atoms with E-state index in [-0.39, 0.29) is 18.2 Å². The van der Waals surface area contributed by atoms with Crippen molar-refractivity contribution >= 4 is 17.5 Å². The van der Waals surface area contributed by atoms with Crippen molar-refractivity contribution in [3.63, 3.8) is 0 Å². The van der Waals surface area contributed by atoms with E-state index >= 15 is 0 Å². The quantitative estimate of drug-likeness (QED) is 0.739. The van der Waals surface area contributed by atoms with Gasteiger partial charge in [0.05, 0.1) is 12.6 Å². The predicted octanol–water partition coefficient (Wildman–Crippen LogP) is 3.14. The molecule has 2 heterocycles. The Morgan fingerprint density at radius 3 is 2.60 bits per heavy atom. The van der Waals surface area contributed by atoms with Gasteiger partial charge in [0.15, 0.2) is 0 Å². The molecule has 6 heteroatoms. The molecule has 0 aliphatic heterocycles. The highest BCUT2D eigenvalue weighted by Crippen LogP contribution is 2.23. The Labute approximate surface area is 150 Å². The minimum absolute atomic E-state index is 0.147. The number of carbonyl (C=O) groups excluding carboxylic acids is 1. The van der Waals surface area contributed by atoms with Crippen molar-refractivity contribution in [3.8, 4) is 0 Å². The first kappa shape index (κ1) is 17.1. The summed E-state index contributed by atoms with van der Waals surface area (Å²) < 4.78 is 0. The molecule has 0 spiro atoms. The second kappa shape index (κ2) is 7.88. The number of benzene rings is 1. The van der Waals surface area contributed by atoms with E-state index in [1.54, 1.807) is 36.7 Å². The Bertz CT molecular complexity index is 854. The molecule has 0 aliphatic rings. The number of carbonyl (C=O) groups is 1. The van der Waals surface area contributed by atoms with Gasteiger partial charge in [-0.05, 0) is 47.0 Å². The number of halogens is 1. The number of hydrogen-bond donors (Lipinski definition) is 2. The van der Waals surface area contributed by atoms with Crippen LogP contribution in [0.5, 0.6) is 0 Å². The molecule has 1 atom stereocenters. The van der Waals surface area contributed by atoms with E-state index in [9.17, 15) is 9.90 Å². The van der Waals surface area contributed by atoms with Crippen molar-refractivity contribution in [3.05, 3.63) is 94.5 Å². The van der Waals surface area contributed by atoms with Crippen molar-refractivity contribution in [2.24, 2.45) is 0 Å². The minimum Gasteiger partial charge on any atom is -0.392 e. The van der Waals surface area contributed by atoms with Crippen molar-refractivity contribution in [2.75, 3.05) is 0 Å². The number of amides is 1. The molecular formula is C19H16ClN3O2. The number of rotatable bonds is 5. The molecule has 2 N–H and O–H groups in total. The first-order chi connectivity index (χ1) is 12.2. The molecule has 0 radical (unpaired) electrons. The predicted molar refractivity (Wildman–Crippen MR) is 95.2 cm³/mol. The number of aliphatic hydroxyl groups is 1. The average Bonchev–Trinajstić information content (AvgIpc) is 2.67. The summed E-state index contributed by atoms with van der Waals surface area (Å²) in [5, 5.41) is 12.8. The van der Waals surface area contributed by atoms with Crippen molar-refractivity contribution in [1.82, 2.24) is 15.3 Å². The third-order valence-corrected chi connectivity index (χ3v) is 3.99. The van der Waals surface area contributed by atoms with Crippen LogP contribution in [-0.4, -0.2) is 21.0 Å². The van der Waals surface area contributed by atoms with Crippen molar-refractivity contribution in [2.45, 2.75) is 12.6 Å². The Kier molecular flexibility index (Phi) is 5.38. The van der Waals surface area contributed by atoms with E-state index in [1.165, 1.54) is 6.20 Å². The molecule has 126 valence electrons. The first-order valence-corrected chi connectivity index (χ1v) is 8.07. The van der Waals surface area contributed by atoms with Gasteiger partial charge in [0, 0.05) is 23.6 Å². The highest BCUT2D eigenvalue weighted by Gasteiger charge is 2.19. The fourth-order valence-electron chi connectivity index (χ4n) is 2.46. The van der Waals surface area contributed by atoms with Crippen molar-refractivity contribution < 1.29 is 9.90 Å². The molecule has 3 rings (SSSR count). The van der Waals surface area contributed by atoms with Gasteiger partial charge in [0.25, 0.3) is 5.91 Å². The average molecular weight is 354 g/mol. The molecule has 5 nitrogen and oxygen atoms in total. The lowest BCUT2D eigenvalue weighted by Gasteiger charge is -2.19. The van der Waals surface area contributed by atoms with Gasteiger partial charge in [0.1, 0.15) is 5.69 Å². The van der Waals surface area contributed by atoms with E-state index in [0.717, 1.165) is 11.1 Å². The SMILES string of the molecule is O=C(N[C@H](c1ccc(Cl)cc1)c1cccnc1)c1cc(CO)ccn1. The molecule has 1 amide bonds. The third-order valence-electron chi connectivity index (χ3n) is 3.74. The summed E-state index contributed by atoms with van der Waals surface area (Å²) in [7, 11) is 0. The van der Waals surface area contributed by atoms with Crippen LogP contribution in [0.1, 0.15) is 33.2 Å². The summed E-state index contributed by atoms with van der Waals surface area (Å²) in [5.41, 5.74) is 2.60. The van der Waals surface area contributed by atoms with Gasteiger partial charge in [-0.2, -0.15) is 0 Å². The standard InChI is InChI=1S/C19H16ClN3O2/c20-16-5-3-14(4-6-16)18(15-2-1-8-21-11-15)23-19(25)17-10-13(12-24)7-9-22-17/h1-11,18,24H,12H2,(H,23,25)/t18-/m1/s1. The molecule has 0 saturated carbocycles. The van der Waals surface area contributed by atoms with Crippen LogP contribution in [0.25, 0.3) is 0 Å². The summed E-state index contributed by atoms with van der Waals surface area (Å²) in [6.07, 6.45) is 4.88. The van der Waals surface area contributed by atoms with E-state index in [2.05, 4.69) is 15.3 Å². The molecule has 3 aromatic rings. The van der Waals surface area contributed by atoms with E-state index in [0.29, 0.717) is 10.6 Å². The molecule has 1 aromatic carbocycles. The Morgan fingerprint density at radius 2 is 1.92 bits per heavy atom. The second-order valence-electron chi connectivity index (χ2n) is 5.45. The van der Waals surface area contributed by atoms with Crippen LogP contribution in [0.2, 0.25) is 5.02 Å². The maximum absolute atomic E-state index is 12.6. The fourth-order valence-corrected chi connectivity index (χ4v) is 2.59. The topological polar surface area (TPSA) is 75.1 Å². The number of pyridine rings is 2. The van der Waals surface area contributed by atoms with Crippen LogP contribution in [0.4, 0.5) is 0 Å². The van der Waals surface area contributed by atoms with E-state index in [4.69, 9.17) is 11.6 Å². The monoisotopic (exact) mass is 353 g/mol. The van der Waals surface area contributed by atoms with Crippen LogP contribution in [0, 0.1) is 0 Å². The number of aromatic nitrogens is 2. The van der Waals surface area contributed by atoms with Gasteiger partial charge in [-0.25, -0.2) is 0 Å². The van der Waals surface area contributed by atoms with Gasteiger partial charge in [-0.1, -0.05) is 29.8 Å². The third kappa shape index (κ3) is 4.21. The maximum atomic E-state index is 12.6. The lowest BCUT2D eigenvalue weighted by Crippen LogP contribution is -2.30. The smallest absolute Gasteiger partial charge is 0.270 e. The second-order valence-corrected chi connectivity index (χ2v) is 5.89. The zero-order valence-corrected chi connectivity index (χ0v) is 14.0. The van der Waals surface area contributed by atoms with Gasteiger partial charge in [-0.3, -0.25) is 14.8 Å². The van der Waals surface area contributed by atoms with Crippen molar-refractivity contribution in [1.29, 1.82) is 0 Å². The highest BCUT2D eigenvalue weighted by molar-refractivity contribution is 6.30. The van der Waals surface area contributed by atoms with Crippen LogP contribution in [0.15, 0.2) is 67.1 Å². The largest absolute Gasteiger partial charge is 0.392 e. The number of nitrogens with zero attached hydrogens (tertiary/aromatic N) is 2. The molecule has 0 saturated heterocycles. The van der Waals surface area contributed by atoms with Gasteiger partial charge >= 0.3 is 0 Å². The minimum atomic E-state index is -0.391. The molecule has 25 heavy (non-hydrogen) atoms. The summed E-state index contributed by atoms with van der Waals surface area (Å²) in [4.78, 5) is 20.8. The molecule has 0 unspecified atom stereocenters. The molecule has 0 fully saturated rings. The Balaban J connectivity index is 1.92. The number of aliphatic hydroxyl groups excluding tert-OH is 1. The molecular weight excluding hydrogens is 338 g/mol. The highest BCUT2D eigenvalue weighted by atomic mass is 35.5. The Hall–Kier alpha value is -2.76. The summed E-state index contributed by atoms with van der Waals surface area (Å²) in [6, 6.07) is 13.8. The summed E-state index contributed by atoms with van der Waals surface area (Å²) in [5.74, 6) is -0.334. The first-order valence-electron chi connectivity index (χ1n) is 7.69. The lowest BCUT2D eigenvalue weighted by atomic mass is 10.00. The fraction of sp³-hybridized carbons (Fsp3) is 0.105. The zero-order chi connectivity index (χ0) is 17.6. The molecule has 0 aliphatic carbocycles. The zero-order valence-electron chi connectivity index (χ0n) is 13.3. The van der Waals surface area contributed by atoms with Gasteiger partial charge < -0.3 is 10.4 Å². The summed E-state index contributed by atoms with van der Waals surface area (Å²) in [6.45, 7) is -0.147. The van der Waals surface area contributed by atoms with E-state index in [1.807, 2.05) is 24.3 Å². The normalized spacial score (nSPS) is 11.8. The Morgan fingerprint density at radius 1 is 1.12 bits per heavy atom. The van der Waals surface area contributed by atoms with E-state index < -0.39 is 6.04 Å². The van der Waals surface area contributed by atoms with Crippen LogP contribution < -0.4 is 5.32 Å².